The molecule has 4 heterocycles. The van der Waals surface area contributed by atoms with Crippen LogP contribution < -0.4 is 5.32 Å². The minimum absolute atomic E-state index is 0.0967. The molecule has 5 rings (SSSR count). The predicted octanol–water partition coefficient (Wildman–Crippen LogP) is 0.708. The number of nitrogens with one attached hydrogen (secondary N) is 1. The van der Waals surface area contributed by atoms with Gasteiger partial charge >= 0.3 is 0 Å². The SMILES string of the molecule is COC1=CN=C(n2ccnn2)C2NC=C(C(=O)C(=O)N3CCN(C(=O)C4CCCCCC4)CC3)C12. The number of carbonyl (C=O) groups excluding carboxylic acids is 3. The van der Waals surface area contributed by atoms with Crippen LogP contribution >= 0.6 is 0 Å². The zero-order valence-electron chi connectivity index (χ0n) is 19.9. The summed E-state index contributed by atoms with van der Waals surface area (Å²) < 4.78 is 7.02. The molecule has 0 aromatic carbocycles. The van der Waals surface area contributed by atoms with E-state index < -0.39 is 23.7 Å². The van der Waals surface area contributed by atoms with Crippen molar-refractivity contribution in [3.8, 4) is 0 Å². The summed E-state index contributed by atoms with van der Waals surface area (Å²) in [5.74, 6) is -0.268. The van der Waals surface area contributed by atoms with Crippen molar-refractivity contribution in [2.24, 2.45) is 16.8 Å². The van der Waals surface area contributed by atoms with Crippen molar-refractivity contribution in [2.45, 2.75) is 44.6 Å². The van der Waals surface area contributed by atoms with Gasteiger partial charge in [-0.25, -0.2) is 9.67 Å². The second-order valence-electron chi connectivity index (χ2n) is 9.43. The summed E-state index contributed by atoms with van der Waals surface area (Å²) in [6.07, 6.45) is 12.9. The number of piperazine rings is 1. The Morgan fingerprint density at radius 1 is 1.03 bits per heavy atom. The number of amides is 2. The highest BCUT2D eigenvalue weighted by Gasteiger charge is 2.45. The van der Waals surface area contributed by atoms with Gasteiger partial charge in [0.25, 0.3) is 5.91 Å². The third-order valence-corrected chi connectivity index (χ3v) is 7.43. The molecule has 2 atom stereocenters. The quantitative estimate of drug-likeness (QED) is 0.496. The topological polar surface area (TPSA) is 122 Å². The molecule has 3 aliphatic heterocycles. The molecule has 1 N–H and O–H groups in total. The van der Waals surface area contributed by atoms with E-state index in [9.17, 15) is 14.4 Å². The molecule has 1 aliphatic carbocycles. The van der Waals surface area contributed by atoms with E-state index in [1.165, 1.54) is 24.6 Å². The first kappa shape index (κ1) is 23.3. The third-order valence-electron chi connectivity index (χ3n) is 7.43. The van der Waals surface area contributed by atoms with Gasteiger partial charge in [-0.15, -0.1) is 5.10 Å². The lowest BCUT2D eigenvalue weighted by Crippen LogP contribution is -2.53. The van der Waals surface area contributed by atoms with Crippen molar-refractivity contribution < 1.29 is 19.1 Å². The highest BCUT2D eigenvalue weighted by atomic mass is 16.5. The van der Waals surface area contributed by atoms with Crippen molar-refractivity contribution in [3.05, 3.63) is 36.1 Å². The Labute approximate surface area is 203 Å². The Balaban J connectivity index is 1.23. The maximum atomic E-state index is 13.3. The van der Waals surface area contributed by atoms with Crippen molar-refractivity contribution in [3.63, 3.8) is 0 Å². The van der Waals surface area contributed by atoms with Gasteiger partial charge in [-0.2, -0.15) is 0 Å². The first-order valence-corrected chi connectivity index (χ1v) is 12.4. The number of methoxy groups -OCH3 is 1. The molecule has 0 spiro atoms. The smallest absolute Gasteiger partial charge is 0.294 e. The van der Waals surface area contributed by atoms with E-state index in [1.807, 2.05) is 4.90 Å². The molecule has 4 aliphatic rings. The van der Waals surface area contributed by atoms with Crippen molar-refractivity contribution in [1.29, 1.82) is 0 Å². The highest BCUT2D eigenvalue weighted by Crippen LogP contribution is 2.34. The first-order chi connectivity index (χ1) is 17.1. The van der Waals surface area contributed by atoms with E-state index in [4.69, 9.17) is 4.74 Å². The van der Waals surface area contributed by atoms with Crippen LogP contribution in [0.2, 0.25) is 0 Å². The number of fused-ring (bicyclic) bond motifs is 1. The van der Waals surface area contributed by atoms with Crippen LogP contribution in [-0.2, 0) is 19.1 Å². The van der Waals surface area contributed by atoms with Crippen LogP contribution in [0.25, 0.3) is 0 Å². The molecule has 0 bridgehead atoms. The minimum atomic E-state index is -0.573. The number of hydrogen-bond donors (Lipinski definition) is 1. The summed E-state index contributed by atoms with van der Waals surface area (Å²) in [5.41, 5.74) is 0.331. The molecular formula is C24H31N7O4. The summed E-state index contributed by atoms with van der Waals surface area (Å²) in [4.78, 5) is 47.3. The fourth-order valence-corrected chi connectivity index (χ4v) is 5.48. The number of nitrogens with zero attached hydrogens (tertiary/aromatic N) is 6. The van der Waals surface area contributed by atoms with Crippen LogP contribution in [-0.4, -0.2) is 87.6 Å². The van der Waals surface area contributed by atoms with Crippen LogP contribution in [0.1, 0.15) is 38.5 Å². The lowest BCUT2D eigenvalue weighted by molar-refractivity contribution is -0.147. The number of Topliss-reactive ketones (excluding diaryl/α,β-unsaturated/α-hetero) is 1. The lowest BCUT2D eigenvalue weighted by atomic mass is 9.88. The van der Waals surface area contributed by atoms with Gasteiger partial charge in [0.05, 0.1) is 31.6 Å². The van der Waals surface area contributed by atoms with Gasteiger partial charge in [-0.05, 0) is 12.8 Å². The zero-order chi connectivity index (χ0) is 24.4. The summed E-state index contributed by atoms with van der Waals surface area (Å²) in [7, 11) is 1.52. The molecule has 2 fully saturated rings. The molecule has 2 amide bonds. The van der Waals surface area contributed by atoms with E-state index in [-0.39, 0.29) is 11.8 Å². The average Bonchev–Trinajstić information content (AvgIpc) is 3.51. The van der Waals surface area contributed by atoms with Gasteiger partial charge in [-0.3, -0.25) is 14.4 Å². The molecule has 1 aromatic rings. The van der Waals surface area contributed by atoms with Gasteiger partial charge in [0.2, 0.25) is 11.7 Å². The van der Waals surface area contributed by atoms with Crippen LogP contribution in [0.5, 0.6) is 0 Å². The van der Waals surface area contributed by atoms with Gasteiger partial charge < -0.3 is 19.9 Å². The predicted molar refractivity (Wildman–Crippen MR) is 126 cm³/mol. The number of carbonyl (C=O) groups is 3. The molecule has 0 radical (unpaired) electrons. The average molecular weight is 482 g/mol. The van der Waals surface area contributed by atoms with Gasteiger partial charge in [0.1, 0.15) is 11.8 Å². The number of aromatic nitrogens is 3. The van der Waals surface area contributed by atoms with Crippen LogP contribution in [0, 0.1) is 11.8 Å². The van der Waals surface area contributed by atoms with Crippen molar-refractivity contribution in [2.75, 3.05) is 33.3 Å². The molecule has 35 heavy (non-hydrogen) atoms. The second kappa shape index (κ2) is 10.0. The van der Waals surface area contributed by atoms with Gasteiger partial charge in [-0.1, -0.05) is 30.9 Å². The van der Waals surface area contributed by atoms with Gasteiger partial charge in [0, 0.05) is 43.9 Å². The number of hydrogen-bond acceptors (Lipinski definition) is 8. The Morgan fingerprint density at radius 2 is 1.74 bits per heavy atom. The van der Waals surface area contributed by atoms with Crippen molar-refractivity contribution >= 4 is 23.4 Å². The number of aliphatic imine (C=N–C) groups is 1. The van der Waals surface area contributed by atoms with E-state index in [1.54, 1.807) is 29.7 Å². The maximum Gasteiger partial charge on any atom is 0.294 e. The van der Waals surface area contributed by atoms with Crippen LogP contribution in [0.3, 0.4) is 0 Å². The molecule has 1 saturated heterocycles. The van der Waals surface area contributed by atoms with E-state index in [0.29, 0.717) is 43.3 Å². The Morgan fingerprint density at radius 3 is 2.40 bits per heavy atom. The first-order valence-electron chi connectivity index (χ1n) is 12.4. The number of ketones is 1. The molecular weight excluding hydrogens is 450 g/mol. The lowest BCUT2D eigenvalue weighted by Gasteiger charge is -2.36. The molecule has 186 valence electrons. The zero-order valence-corrected chi connectivity index (χ0v) is 19.9. The monoisotopic (exact) mass is 481 g/mol. The van der Waals surface area contributed by atoms with Gasteiger partial charge in [0.15, 0.2) is 5.84 Å². The summed E-state index contributed by atoms with van der Waals surface area (Å²) >= 11 is 0. The maximum absolute atomic E-state index is 13.3. The van der Waals surface area contributed by atoms with E-state index >= 15 is 0 Å². The number of rotatable bonds is 4. The fraction of sp³-hybridized carbons (Fsp3) is 0.583. The van der Waals surface area contributed by atoms with Crippen LogP contribution in [0.15, 0.2) is 41.1 Å². The minimum Gasteiger partial charge on any atom is -0.499 e. The fourth-order valence-electron chi connectivity index (χ4n) is 5.48. The molecule has 1 saturated carbocycles. The summed E-state index contributed by atoms with van der Waals surface area (Å²) in [6, 6.07) is -0.405. The van der Waals surface area contributed by atoms with E-state index in [0.717, 1.165) is 25.7 Å². The Hall–Kier alpha value is -3.50. The number of ether oxygens (including phenoxy) is 1. The van der Waals surface area contributed by atoms with E-state index in [2.05, 4.69) is 20.6 Å². The molecule has 2 unspecified atom stereocenters. The molecule has 11 heteroatoms. The van der Waals surface area contributed by atoms with Crippen LogP contribution in [0.4, 0.5) is 0 Å². The third kappa shape index (κ3) is 4.46. The molecule has 1 aromatic heterocycles. The summed E-state index contributed by atoms with van der Waals surface area (Å²) in [6.45, 7) is 1.64. The normalized spacial score (nSPS) is 25.0. The Kier molecular flexibility index (Phi) is 6.65. The highest BCUT2D eigenvalue weighted by molar-refractivity contribution is 6.43. The second-order valence-corrected chi connectivity index (χ2v) is 9.43. The molecule has 11 nitrogen and oxygen atoms in total. The Bertz CT molecular complexity index is 1060. The largest absolute Gasteiger partial charge is 0.499 e. The standard InChI is InChI=1S/C24H31N7O4/c1-35-18-15-26-22(31-9-8-27-28-31)20-19(18)17(14-25-20)21(32)24(34)30-12-10-29(11-13-30)23(33)16-6-4-2-3-5-7-16/h8-9,14-16,19-20,25H,2-7,10-13H2,1H3. The summed E-state index contributed by atoms with van der Waals surface area (Å²) in [5, 5.41) is 11.0. The van der Waals surface area contributed by atoms with Crippen molar-refractivity contribution in [1.82, 2.24) is 30.1 Å².